The van der Waals surface area contributed by atoms with Gasteiger partial charge in [0.15, 0.2) is 0 Å². The number of benzene rings is 1. The van der Waals surface area contributed by atoms with Gasteiger partial charge in [-0.1, -0.05) is 17.7 Å². The van der Waals surface area contributed by atoms with E-state index < -0.39 is 0 Å². The molecular formula is C15H18ClN3OS. The average Bonchev–Trinajstić information content (AvgIpc) is 2.74. The molecule has 0 spiro atoms. The van der Waals surface area contributed by atoms with E-state index in [1.165, 1.54) is 11.3 Å². The topological polar surface area (TPSA) is 45.2 Å². The van der Waals surface area contributed by atoms with E-state index in [1.807, 2.05) is 38.9 Å². The first-order valence-electron chi connectivity index (χ1n) is 6.55. The van der Waals surface area contributed by atoms with Crippen molar-refractivity contribution in [3.8, 4) is 0 Å². The molecule has 0 bridgehead atoms. The van der Waals surface area contributed by atoms with Crippen LogP contribution in [-0.2, 0) is 6.54 Å². The van der Waals surface area contributed by atoms with Crippen molar-refractivity contribution in [3.63, 3.8) is 0 Å². The summed E-state index contributed by atoms with van der Waals surface area (Å²) in [7, 11) is 3.96. The van der Waals surface area contributed by atoms with Crippen molar-refractivity contribution in [2.75, 3.05) is 19.4 Å². The van der Waals surface area contributed by atoms with Gasteiger partial charge in [0, 0.05) is 17.3 Å². The molecule has 1 amide bonds. The van der Waals surface area contributed by atoms with Crippen molar-refractivity contribution in [3.05, 3.63) is 44.4 Å². The fraction of sp³-hybridized carbons (Fsp3) is 0.333. The van der Waals surface area contributed by atoms with E-state index in [4.69, 9.17) is 11.6 Å². The van der Waals surface area contributed by atoms with Gasteiger partial charge >= 0.3 is 0 Å². The van der Waals surface area contributed by atoms with Crippen molar-refractivity contribution >= 4 is 34.5 Å². The molecule has 0 aliphatic heterocycles. The van der Waals surface area contributed by atoms with E-state index >= 15 is 0 Å². The lowest BCUT2D eigenvalue weighted by Crippen LogP contribution is -2.12. The third-order valence-electron chi connectivity index (χ3n) is 2.95. The van der Waals surface area contributed by atoms with Gasteiger partial charge in [-0.25, -0.2) is 4.98 Å². The number of amides is 1. The summed E-state index contributed by atoms with van der Waals surface area (Å²) in [6, 6.07) is 5.44. The molecular weight excluding hydrogens is 306 g/mol. The zero-order valence-corrected chi connectivity index (χ0v) is 14.1. The van der Waals surface area contributed by atoms with Gasteiger partial charge in [0.1, 0.15) is 9.88 Å². The second-order valence-corrected chi connectivity index (χ2v) is 6.69. The third-order valence-corrected chi connectivity index (χ3v) is 4.32. The number of thiazole rings is 1. The summed E-state index contributed by atoms with van der Waals surface area (Å²) < 4.78 is 0. The minimum Gasteiger partial charge on any atom is -0.321 e. The van der Waals surface area contributed by atoms with Crippen molar-refractivity contribution in [1.82, 2.24) is 9.88 Å². The molecule has 1 aromatic carbocycles. The molecule has 0 aliphatic carbocycles. The zero-order valence-electron chi connectivity index (χ0n) is 12.5. The molecule has 2 rings (SSSR count). The van der Waals surface area contributed by atoms with Crippen molar-refractivity contribution in [1.29, 1.82) is 0 Å². The standard InChI is InChI=1S/C15H18ClN3OS/c1-9-5-6-11(16)7-12(9)18-15(20)14-10(2)17-13(21-14)8-19(3)4/h5-7H,8H2,1-4H3,(H,18,20). The highest BCUT2D eigenvalue weighted by Gasteiger charge is 2.16. The molecule has 0 saturated heterocycles. The number of carbonyl (C=O) groups is 1. The third kappa shape index (κ3) is 4.03. The van der Waals surface area contributed by atoms with Crippen LogP contribution in [0.2, 0.25) is 5.02 Å². The van der Waals surface area contributed by atoms with Gasteiger partial charge in [-0.2, -0.15) is 0 Å². The number of hydrogen-bond acceptors (Lipinski definition) is 4. The number of halogens is 1. The molecule has 2 aromatic rings. The SMILES string of the molecule is Cc1ccc(Cl)cc1NC(=O)c1sc(CN(C)C)nc1C. The van der Waals surface area contributed by atoms with E-state index in [-0.39, 0.29) is 5.91 Å². The van der Waals surface area contributed by atoms with Crippen LogP contribution in [0.5, 0.6) is 0 Å². The molecule has 0 unspecified atom stereocenters. The molecule has 0 aliphatic rings. The van der Waals surface area contributed by atoms with E-state index in [9.17, 15) is 4.79 Å². The number of rotatable bonds is 4. The highest BCUT2D eigenvalue weighted by molar-refractivity contribution is 7.13. The van der Waals surface area contributed by atoms with Gasteiger partial charge in [0.25, 0.3) is 5.91 Å². The van der Waals surface area contributed by atoms with Crippen LogP contribution in [0.1, 0.15) is 25.9 Å². The second-order valence-electron chi connectivity index (χ2n) is 5.17. The first-order chi connectivity index (χ1) is 9.86. The molecule has 1 aromatic heterocycles. The molecule has 0 saturated carbocycles. The summed E-state index contributed by atoms with van der Waals surface area (Å²) in [5, 5.41) is 4.45. The Kier molecular flexibility index (Phi) is 4.98. The van der Waals surface area contributed by atoms with Gasteiger partial charge in [0.2, 0.25) is 0 Å². The van der Waals surface area contributed by atoms with Crippen LogP contribution in [0.15, 0.2) is 18.2 Å². The molecule has 1 N–H and O–H groups in total. The Morgan fingerprint density at radius 3 is 2.76 bits per heavy atom. The Morgan fingerprint density at radius 2 is 2.10 bits per heavy atom. The summed E-state index contributed by atoms with van der Waals surface area (Å²) in [4.78, 5) is 19.5. The fourth-order valence-electron chi connectivity index (χ4n) is 1.91. The number of nitrogens with zero attached hydrogens (tertiary/aromatic N) is 2. The molecule has 1 heterocycles. The smallest absolute Gasteiger partial charge is 0.267 e. The molecule has 6 heteroatoms. The maximum atomic E-state index is 12.4. The lowest BCUT2D eigenvalue weighted by Gasteiger charge is -2.08. The number of hydrogen-bond donors (Lipinski definition) is 1. The summed E-state index contributed by atoms with van der Waals surface area (Å²) >= 11 is 7.40. The van der Waals surface area contributed by atoms with Gasteiger partial charge in [-0.3, -0.25) is 4.79 Å². The summed E-state index contributed by atoms with van der Waals surface area (Å²) in [6.45, 7) is 4.52. The number of carbonyl (C=O) groups excluding carboxylic acids is 1. The largest absolute Gasteiger partial charge is 0.321 e. The lowest BCUT2D eigenvalue weighted by molar-refractivity contribution is 0.102. The fourth-order valence-corrected chi connectivity index (χ4v) is 3.16. The van der Waals surface area contributed by atoms with Crippen LogP contribution in [-0.4, -0.2) is 29.9 Å². The summed E-state index contributed by atoms with van der Waals surface area (Å²) in [5.41, 5.74) is 2.46. The maximum Gasteiger partial charge on any atom is 0.267 e. The Hall–Kier alpha value is -1.43. The quantitative estimate of drug-likeness (QED) is 0.932. The average molecular weight is 324 g/mol. The van der Waals surface area contributed by atoms with Crippen molar-refractivity contribution in [2.45, 2.75) is 20.4 Å². The number of anilines is 1. The van der Waals surface area contributed by atoms with Crippen LogP contribution in [0.4, 0.5) is 5.69 Å². The lowest BCUT2D eigenvalue weighted by atomic mass is 10.2. The minimum atomic E-state index is -0.139. The predicted molar refractivity (Wildman–Crippen MR) is 88.4 cm³/mol. The van der Waals surface area contributed by atoms with Crippen LogP contribution in [0, 0.1) is 13.8 Å². The highest BCUT2D eigenvalue weighted by atomic mass is 35.5. The van der Waals surface area contributed by atoms with Crippen molar-refractivity contribution < 1.29 is 4.79 Å². The van der Waals surface area contributed by atoms with Gasteiger partial charge in [0.05, 0.1) is 5.69 Å². The van der Waals surface area contributed by atoms with Crippen LogP contribution >= 0.6 is 22.9 Å². The molecule has 112 valence electrons. The minimum absolute atomic E-state index is 0.139. The molecule has 21 heavy (non-hydrogen) atoms. The zero-order chi connectivity index (χ0) is 15.6. The normalized spacial score (nSPS) is 11.0. The van der Waals surface area contributed by atoms with E-state index in [2.05, 4.69) is 10.3 Å². The van der Waals surface area contributed by atoms with E-state index in [1.54, 1.807) is 12.1 Å². The second kappa shape index (κ2) is 6.56. The first-order valence-corrected chi connectivity index (χ1v) is 7.75. The van der Waals surface area contributed by atoms with Crippen LogP contribution in [0.3, 0.4) is 0 Å². The predicted octanol–water partition coefficient (Wildman–Crippen LogP) is 3.73. The maximum absolute atomic E-state index is 12.4. The molecule has 0 radical (unpaired) electrons. The highest BCUT2D eigenvalue weighted by Crippen LogP contribution is 2.24. The van der Waals surface area contributed by atoms with E-state index in [0.29, 0.717) is 9.90 Å². The summed E-state index contributed by atoms with van der Waals surface area (Å²) in [6.07, 6.45) is 0. The molecule has 4 nitrogen and oxygen atoms in total. The molecule has 0 fully saturated rings. The number of aromatic nitrogens is 1. The van der Waals surface area contributed by atoms with Gasteiger partial charge in [-0.15, -0.1) is 11.3 Å². The van der Waals surface area contributed by atoms with Gasteiger partial charge < -0.3 is 10.2 Å². The Labute approximate surface area is 133 Å². The Balaban J connectivity index is 2.20. The summed E-state index contributed by atoms with van der Waals surface area (Å²) in [5.74, 6) is -0.139. The molecule has 0 atom stereocenters. The monoisotopic (exact) mass is 323 g/mol. The Morgan fingerprint density at radius 1 is 1.38 bits per heavy atom. The van der Waals surface area contributed by atoms with E-state index in [0.717, 1.165) is 28.5 Å². The van der Waals surface area contributed by atoms with Crippen molar-refractivity contribution in [2.24, 2.45) is 0 Å². The van der Waals surface area contributed by atoms with Gasteiger partial charge in [-0.05, 0) is 45.6 Å². The first kappa shape index (κ1) is 15.9. The Bertz CT molecular complexity index is 667. The number of nitrogens with one attached hydrogen (secondary N) is 1. The number of aryl methyl sites for hydroxylation is 2. The van der Waals surface area contributed by atoms with Crippen LogP contribution < -0.4 is 5.32 Å². The van der Waals surface area contributed by atoms with Crippen LogP contribution in [0.25, 0.3) is 0 Å².